The molecule has 0 aromatic carbocycles. The molecule has 1 aromatic heterocycles. The summed E-state index contributed by atoms with van der Waals surface area (Å²) in [6.45, 7) is 1.89. The highest BCUT2D eigenvalue weighted by Gasteiger charge is 2.16. The van der Waals surface area contributed by atoms with Crippen LogP contribution in [0.1, 0.15) is 6.42 Å². The average molecular weight is 229 g/mol. The van der Waals surface area contributed by atoms with Gasteiger partial charge in [0, 0.05) is 19.6 Å². The summed E-state index contributed by atoms with van der Waals surface area (Å²) in [5, 5.41) is 10.6. The van der Waals surface area contributed by atoms with Gasteiger partial charge >= 0.3 is 0 Å². The van der Waals surface area contributed by atoms with Gasteiger partial charge in [-0.15, -0.1) is 0 Å². The first-order valence-electron chi connectivity index (χ1n) is 4.87. The molecule has 1 atom stereocenters. The molecular formula is C9H13ClN4O. The van der Waals surface area contributed by atoms with Gasteiger partial charge in [0.25, 0.3) is 5.56 Å². The summed E-state index contributed by atoms with van der Waals surface area (Å²) in [5.41, 5.74) is 0.348. The maximum Gasteiger partial charge on any atom is 0.287 e. The van der Waals surface area contributed by atoms with Crippen LogP contribution in [0.15, 0.2) is 11.0 Å². The van der Waals surface area contributed by atoms with Crippen LogP contribution >= 0.6 is 11.6 Å². The summed E-state index contributed by atoms with van der Waals surface area (Å²) in [7, 11) is 1.58. The van der Waals surface area contributed by atoms with Crippen LogP contribution in [-0.2, 0) is 7.05 Å². The van der Waals surface area contributed by atoms with Gasteiger partial charge in [-0.25, -0.2) is 4.68 Å². The molecule has 1 aliphatic rings. The molecule has 1 fully saturated rings. The minimum atomic E-state index is -0.271. The molecule has 15 heavy (non-hydrogen) atoms. The maximum atomic E-state index is 11.5. The van der Waals surface area contributed by atoms with Crippen molar-refractivity contribution in [2.45, 2.75) is 12.5 Å². The van der Waals surface area contributed by atoms with E-state index in [0.717, 1.165) is 19.5 Å². The Balaban J connectivity index is 2.21. The van der Waals surface area contributed by atoms with Crippen molar-refractivity contribution in [2.24, 2.45) is 7.05 Å². The first kappa shape index (κ1) is 10.4. The molecule has 0 bridgehead atoms. The molecule has 0 spiro atoms. The molecule has 0 amide bonds. The van der Waals surface area contributed by atoms with Crippen molar-refractivity contribution >= 4 is 17.3 Å². The van der Waals surface area contributed by atoms with Gasteiger partial charge in [-0.2, -0.15) is 5.10 Å². The molecule has 5 nitrogen and oxygen atoms in total. The predicted octanol–water partition coefficient (Wildman–Crippen LogP) is 0.207. The van der Waals surface area contributed by atoms with E-state index in [1.165, 1.54) is 4.68 Å². The Morgan fingerprint density at radius 2 is 2.53 bits per heavy atom. The first-order valence-corrected chi connectivity index (χ1v) is 5.25. The summed E-state index contributed by atoms with van der Waals surface area (Å²) in [6, 6.07) is 0.330. The van der Waals surface area contributed by atoms with E-state index in [2.05, 4.69) is 15.7 Å². The molecule has 1 aromatic rings. The fourth-order valence-corrected chi connectivity index (χ4v) is 1.83. The summed E-state index contributed by atoms with van der Waals surface area (Å²) >= 11 is 5.92. The Hall–Kier alpha value is -1.07. The van der Waals surface area contributed by atoms with Crippen molar-refractivity contribution in [1.82, 2.24) is 15.1 Å². The Labute approximate surface area is 92.4 Å². The van der Waals surface area contributed by atoms with Crippen LogP contribution < -0.4 is 16.2 Å². The van der Waals surface area contributed by atoms with Crippen LogP contribution in [0.4, 0.5) is 5.69 Å². The third-order valence-electron chi connectivity index (χ3n) is 2.50. The summed E-state index contributed by atoms with van der Waals surface area (Å²) in [4.78, 5) is 11.5. The fraction of sp³-hybridized carbons (Fsp3) is 0.556. The fourth-order valence-electron chi connectivity index (χ4n) is 1.61. The zero-order valence-corrected chi connectivity index (χ0v) is 9.21. The van der Waals surface area contributed by atoms with Gasteiger partial charge in [-0.1, -0.05) is 11.6 Å². The summed E-state index contributed by atoms with van der Waals surface area (Å²) in [5.74, 6) is 0. The van der Waals surface area contributed by atoms with Crippen LogP contribution in [-0.4, -0.2) is 28.9 Å². The zero-order chi connectivity index (χ0) is 10.8. The monoisotopic (exact) mass is 228 g/mol. The number of hydrogen-bond acceptors (Lipinski definition) is 4. The molecule has 82 valence electrons. The van der Waals surface area contributed by atoms with E-state index in [-0.39, 0.29) is 10.6 Å². The highest BCUT2D eigenvalue weighted by atomic mass is 35.5. The summed E-state index contributed by atoms with van der Waals surface area (Å²) < 4.78 is 1.22. The van der Waals surface area contributed by atoms with Gasteiger partial charge < -0.3 is 10.6 Å². The smallest absolute Gasteiger partial charge is 0.287 e. The Morgan fingerprint density at radius 3 is 3.20 bits per heavy atom. The predicted molar refractivity (Wildman–Crippen MR) is 59.4 cm³/mol. The lowest BCUT2D eigenvalue weighted by molar-refractivity contribution is 0.704. The van der Waals surface area contributed by atoms with E-state index < -0.39 is 0 Å². The second-order valence-corrected chi connectivity index (χ2v) is 4.01. The molecule has 2 rings (SSSR count). The van der Waals surface area contributed by atoms with Crippen molar-refractivity contribution < 1.29 is 0 Å². The van der Waals surface area contributed by atoms with Gasteiger partial charge in [-0.05, 0) is 13.0 Å². The molecule has 1 aliphatic heterocycles. The average Bonchev–Trinajstić information content (AvgIpc) is 2.72. The number of halogens is 1. The topological polar surface area (TPSA) is 59.0 Å². The Kier molecular flexibility index (Phi) is 2.93. The number of anilines is 1. The van der Waals surface area contributed by atoms with Gasteiger partial charge in [0.15, 0.2) is 0 Å². The normalized spacial score (nSPS) is 20.5. The van der Waals surface area contributed by atoms with Crippen molar-refractivity contribution in [2.75, 3.05) is 18.4 Å². The number of hydrogen-bond donors (Lipinski definition) is 2. The second-order valence-electron chi connectivity index (χ2n) is 3.64. The zero-order valence-electron chi connectivity index (χ0n) is 8.46. The molecule has 0 saturated carbocycles. The van der Waals surface area contributed by atoms with E-state index in [1.807, 2.05) is 0 Å². The highest BCUT2D eigenvalue weighted by molar-refractivity contribution is 6.32. The Bertz CT molecular complexity index is 411. The van der Waals surface area contributed by atoms with Crippen LogP contribution in [0.2, 0.25) is 5.02 Å². The molecule has 6 heteroatoms. The molecular weight excluding hydrogens is 216 g/mol. The van der Waals surface area contributed by atoms with Crippen LogP contribution in [0, 0.1) is 0 Å². The molecule has 2 N–H and O–H groups in total. The molecule has 1 saturated heterocycles. The summed E-state index contributed by atoms with van der Waals surface area (Å²) in [6.07, 6.45) is 2.62. The lowest BCUT2D eigenvalue weighted by Crippen LogP contribution is -2.26. The maximum absolute atomic E-state index is 11.5. The van der Waals surface area contributed by atoms with Gasteiger partial charge in [0.1, 0.15) is 5.02 Å². The van der Waals surface area contributed by atoms with Gasteiger partial charge in [-0.3, -0.25) is 4.79 Å². The van der Waals surface area contributed by atoms with Crippen molar-refractivity contribution in [1.29, 1.82) is 0 Å². The minimum Gasteiger partial charge on any atom is -0.378 e. The van der Waals surface area contributed by atoms with E-state index in [1.54, 1.807) is 13.2 Å². The van der Waals surface area contributed by atoms with E-state index in [4.69, 9.17) is 11.6 Å². The van der Waals surface area contributed by atoms with Crippen molar-refractivity contribution in [3.63, 3.8) is 0 Å². The standard InChI is InChI=1S/C9H13ClN4O/c1-14-9(15)8(10)7(5-12-14)13-6-2-3-11-4-6/h5-6,11,13H,2-4H2,1H3/t6-/m1/s1. The highest BCUT2D eigenvalue weighted by Crippen LogP contribution is 2.17. The number of rotatable bonds is 2. The molecule has 0 radical (unpaired) electrons. The number of nitrogens with one attached hydrogen (secondary N) is 2. The lowest BCUT2D eigenvalue weighted by atomic mass is 10.2. The molecule has 0 aliphatic carbocycles. The van der Waals surface area contributed by atoms with E-state index in [9.17, 15) is 4.79 Å². The van der Waals surface area contributed by atoms with Crippen LogP contribution in [0.25, 0.3) is 0 Å². The van der Waals surface area contributed by atoms with Crippen LogP contribution in [0.5, 0.6) is 0 Å². The number of aryl methyl sites for hydroxylation is 1. The SMILES string of the molecule is Cn1ncc(N[C@@H]2CCNC2)c(Cl)c1=O. The van der Waals surface area contributed by atoms with Gasteiger partial charge in [0.05, 0.1) is 11.9 Å². The van der Waals surface area contributed by atoms with Gasteiger partial charge in [0.2, 0.25) is 0 Å². The van der Waals surface area contributed by atoms with Crippen molar-refractivity contribution in [3.8, 4) is 0 Å². The molecule has 2 heterocycles. The number of nitrogens with zero attached hydrogens (tertiary/aromatic N) is 2. The molecule has 0 unspecified atom stereocenters. The van der Waals surface area contributed by atoms with Crippen molar-refractivity contribution in [3.05, 3.63) is 21.6 Å². The van der Waals surface area contributed by atoms with E-state index >= 15 is 0 Å². The van der Waals surface area contributed by atoms with E-state index in [0.29, 0.717) is 11.7 Å². The lowest BCUT2D eigenvalue weighted by Gasteiger charge is -2.13. The third-order valence-corrected chi connectivity index (χ3v) is 2.86. The minimum absolute atomic E-state index is 0.208. The third kappa shape index (κ3) is 2.13. The number of aromatic nitrogens is 2. The van der Waals surface area contributed by atoms with Crippen LogP contribution in [0.3, 0.4) is 0 Å². The Morgan fingerprint density at radius 1 is 1.73 bits per heavy atom. The first-order chi connectivity index (χ1) is 7.18. The largest absolute Gasteiger partial charge is 0.378 e. The quantitative estimate of drug-likeness (QED) is 0.760. The second kappa shape index (κ2) is 4.20.